The fourth-order valence-corrected chi connectivity index (χ4v) is 8.71. The first-order valence-electron chi connectivity index (χ1n) is 23.8. The summed E-state index contributed by atoms with van der Waals surface area (Å²) in [5, 5.41) is 17.5. The Morgan fingerprint density at radius 1 is 0.906 bits per heavy atom. The SMILES string of the molecule is CC.CC1(C)CCN(CC(NC(=O)NC(C=O)C2(C)CCCCC2)C(C)(C)C)C(=O)C1.CCCCCC(NC(=O)C1CCCN1C)C(=O)C(N)=O.O=C(O)N1CCc2ccccc2C1. The van der Waals surface area contributed by atoms with Crippen LogP contribution in [0, 0.1) is 16.2 Å². The molecular weight excluding hydrogens is 815 g/mol. The Morgan fingerprint density at radius 3 is 2.08 bits per heavy atom. The molecule has 4 atom stereocenters. The Kier molecular flexibility index (Phi) is 23.0. The summed E-state index contributed by atoms with van der Waals surface area (Å²) in [7, 11) is 1.89. The molecule has 3 fully saturated rings. The molecule has 15 nitrogen and oxygen atoms in total. The quantitative estimate of drug-likeness (QED) is 0.0751. The van der Waals surface area contributed by atoms with Gasteiger partial charge in [-0.3, -0.25) is 24.1 Å². The van der Waals surface area contributed by atoms with Crippen LogP contribution in [0.25, 0.3) is 0 Å². The first-order valence-corrected chi connectivity index (χ1v) is 23.8. The van der Waals surface area contributed by atoms with Gasteiger partial charge in [0.1, 0.15) is 6.29 Å². The van der Waals surface area contributed by atoms with Gasteiger partial charge in [0.15, 0.2) is 0 Å². The molecular formula is C49H83N7O8. The molecule has 0 aromatic heterocycles. The second kappa shape index (κ2) is 26.4. The van der Waals surface area contributed by atoms with Gasteiger partial charge in [-0.1, -0.05) is 125 Å². The Balaban J connectivity index is 0.000000347. The molecule has 1 aromatic rings. The number of likely N-dealkylation sites (N-methyl/N-ethyl adjacent to an activating group) is 1. The number of nitrogens with zero attached hydrogens (tertiary/aromatic N) is 3. The van der Waals surface area contributed by atoms with Gasteiger partial charge in [-0.15, -0.1) is 0 Å². The number of urea groups is 1. The van der Waals surface area contributed by atoms with Crippen LogP contribution in [0.5, 0.6) is 0 Å². The zero-order chi connectivity index (χ0) is 48.3. The molecule has 1 aliphatic carbocycles. The summed E-state index contributed by atoms with van der Waals surface area (Å²) in [4.78, 5) is 88.1. The first-order chi connectivity index (χ1) is 30.1. The van der Waals surface area contributed by atoms with Crippen LogP contribution in [0.2, 0.25) is 0 Å². The number of hydrogen-bond donors (Lipinski definition) is 5. The predicted octanol–water partition coefficient (Wildman–Crippen LogP) is 6.84. The zero-order valence-electron chi connectivity index (χ0n) is 40.9. The number of hydrogen-bond acceptors (Lipinski definition) is 8. The van der Waals surface area contributed by atoms with E-state index in [1.54, 1.807) is 0 Å². The number of amides is 6. The van der Waals surface area contributed by atoms with Gasteiger partial charge in [-0.2, -0.15) is 0 Å². The maximum Gasteiger partial charge on any atom is 0.407 e. The van der Waals surface area contributed by atoms with Crippen molar-refractivity contribution in [3.8, 4) is 0 Å². The molecule has 1 aromatic carbocycles. The molecule has 0 radical (unpaired) electrons. The van der Waals surface area contributed by atoms with Gasteiger partial charge in [0.25, 0.3) is 5.91 Å². The lowest BCUT2D eigenvalue weighted by atomic mass is 9.71. The van der Waals surface area contributed by atoms with E-state index in [2.05, 4.69) is 70.5 Å². The van der Waals surface area contributed by atoms with Crippen molar-refractivity contribution >= 4 is 41.9 Å². The molecule has 4 aliphatic rings. The summed E-state index contributed by atoms with van der Waals surface area (Å²) in [5.41, 5.74) is 7.11. The molecule has 15 heteroatoms. The molecule has 3 aliphatic heterocycles. The zero-order valence-corrected chi connectivity index (χ0v) is 40.9. The Morgan fingerprint density at radius 2 is 1.55 bits per heavy atom. The second-order valence-corrected chi connectivity index (χ2v) is 19.9. The van der Waals surface area contributed by atoms with Crippen molar-refractivity contribution in [1.82, 2.24) is 30.7 Å². The molecule has 6 amide bonds. The van der Waals surface area contributed by atoms with Gasteiger partial charge in [0, 0.05) is 32.6 Å². The maximum atomic E-state index is 12.8. The largest absolute Gasteiger partial charge is 0.465 e. The molecule has 64 heavy (non-hydrogen) atoms. The monoisotopic (exact) mass is 898 g/mol. The summed E-state index contributed by atoms with van der Waals surface area (Å²) >= 11 is 0. The predicted molar refractivity (Wildman–Crippen MR) is 251 cm³/mol. The summed E-state index contributed by atoms with van der Waals surface area (Å²) in [5.74, 6) is -1.71. The standard InChI is InChI=1S/C23H41N3O3.C14H25N3O3.C10H11NO2.C2H6/c1-21(2,3)17(15-26-13-12-22(4,5)14-19(26)28)24-20(29)25-18(16-27)23(6)10-8-7-9-11-23;1-3-4-5-7-10(12(18)13(15)19)16-14(20)11-8-6-9-17(11)2;12-10(13)11-6-5-8-3-1-2-4-9(8)7-11;1-2/h16-18H,7-15H2,1-6H3,(H2,24,25,29);10-11H,3-9H2,1-2H3,(H2,15,19)(H,16,20);1-4H,5-7H2,(H,12,13);1-2H3. The summed E-state index contributed by atoms with van der Waals surface area (Å²) < 4.78 is 0. The maximum absolute atomic E-state index is 12.8. The van der Waals surface area contributed by atoms with Crippen LogP contribution in [0.1, 0.15) is 157 Å². The Hall–Kier alpha value is -4.53. The van der Waals surface area contributed by atoms with E-state index < -0.39 is 29.9 Å². The Labute approximate surface area is 383 Å². The molecule has 5 rings (SSSR count). The van der Waals surface area contributed by atoms with Crippen molar-refractivity contribution in [3.05, 3.63) is 35.4 Å². The van der Waals surface area contributed by atoms with Gasteiger partial charge in [0.2, 0.25) is 17.6 Å². The Bertz CT molecular complexity index is 1690. The number of carbonyl (C=O) groups is 7. The van der Waals surface area contributed by atoms with E-state index in [9.17, 15) is 33.6 Å². The van der Waals surface area contributed by atoms with E-state index in [-0.39, 0.29) is 46.2 Å². The molecule has 4 unspecified atom stereocenters. The molecule has 2 saturated heterocycles. The molecule has 3 heterocycles. The van der Waals surface area contributed by atoms with Gasteiger partial charge < -0.3 is 41.4 Å². The van der Waals surface area contributed by atoms with E-state index in [0.29, 0.717) is 32.5 Å². The second-order valence-electron chi connectivity index (χ2n) is 19.9. The molecule has 6 N–H and O–H groups in total. The van der Waals surface area contributed by atoms with Crippen molar-refractivity contribution < 1.29 is 38.7 Å². The first kappa shape index (κ1) is 55.6. The van der Waals surface area contributed by atoms with Gasteiger partial charge in [-0.25, -0.2) is 9.59 Å². The van der Waals surface area contributed by atoms with Crippen LogP contribution >= 0.6 is 0 Å². The van der Waals surface area contributed by atoms with Gasteiger partial charge >= 0.3 is 12.1 Å². The highest BCUT2D eigenvalue weighted by atomic mass is 16.4. The van der Waals surface area contributed by atoms with Gasteiger partial charge in [0.05, 0.1) is 24.2 Å². The van der Waals surface area contributed by atoms with E-state index in [1.165, 1.54) is 16.9 Å². The molecule has 0 spiro atoms. The highest BCUT2D eigenvalue weighted by molar-refractivity contribution is 6.37. The smallest absolute Gasteiger partial charge is 0.407 e. The van der Waals surface area contributed by atoms with E-state index in [4.69, 9.17) is 10.8 Å². The normalized spacial score (nSPS) is 20.4. The highest BCUT2D eigenvalue weighted by Gasteiger charge is 2.39. The number of ketones is 1. The average Bonchev–Trinajstić information content (AvgIpc) is 3.69. The highest BCUT2D eigenvalue weighted by Crippen LogP contribution is 2.38. The summed E-state index contributed by atoms with van der Waals surface area (Å²) in [6, 6.07) is 6.02. The third-order valence-corrected chi connectivity index (χ3v) is 13.2. The van der Waals surface area contributed by atoms with Crippen molar-refractivity contribution in [2.24, 2.45) is 22.0 Å². The lowest BCUT2D eigenvalue weighted by Gasteiger charge is -2.42. The number of likely N-dealkylation sites (tertiary alicyclic amines) is 2. The van der Waals surface area contributed by atoms with Crippen LogP contribution < -0.4 is 21.7 Å². The van der Waals surface area contributed by atoms with Crippen molar-refractivity contribution in [2.75, 3.05) is 33.2 Å². The third kappa shape index (κ3) is 17.8. The van der Waals surface area contributed by atoms with Crippen LogP contribution in [-0.4, -0.2) is 119 Å². The molecule has 1 saturated carbocycles. The number of carboxylic acid groups (broad SMARTS) is 1. The van der Waals surface area contributed by atoms with Crippen molar-refractivity contribution in [1.29, 1.82) is 0 Å². The number of nitrogens with one attached hydrogen (secondary N) is 3. The summed E-state index contributed by atoms with van der Waals surface area (Å²) in [6.07, 6.45) is 12.7. The minimum absolute atomic E-state index is 0.0439. The lowest BCUT2D eigenvalue weighted by Crippen LogP contribution is -2.58. The van der Waals surface area contributed by atoms with Crippen LogP contribution in [0.3, 0.4) is 0 Å². The minimum atomic E-state index is -0.980. The lowest BCUT2D eigenvalue weighted by molar-refractivity contribution is -0.139. The number of nitrogens with two attached hydrogens (primary N) is 1. The molecule has 0 bridgehead atoms. The number of piperidine rings is 1. The topological polar surface area (TPSA) is 212 Å². The van der Waals surface area contributed by atoms with Gasteiger partial charge in [-0.05, 0) is 85.9 Å². The number of Topliss-reactive ketones (excluding diaryl/α,β-unsaturated/α-hetero) is 1. The average molecular weight is 898 g/mol. The van der Waals surface area contributed by atoms with Crippen LogP contribution in [0.15, 0.2) is 24.3 Å². The number of aldehydes is 1. The molecule has 362 valence electrons. The van der Waals surface area contributed by atoms with Crippen LogP contribution in [0.4, 0.5) is 9.59 Å². The third-order valence-electron chi connectivity index (χ3n) is 13.2. The van der Waals surface area contributed by atoms with E-state index in [0.717, 1.165) is 95.6 Å². The number of fused-ring (bicyclic) bond motifs is 1. The van der Waals surface area contributed by atoms with Crippen molar-refractivity contribution in [2.45, 2.75) is 183 Å². The number of primary amides is 1. The number of carbonyl (C=O) groups excluding carboxylic acids is 6. The number of unbranched alkanes of at least 4 members (excludes halogenated alkanes) is 2. The number of benzene rings is 1. The van der Waals surface area contributed by atoms with Crippen LogP contribution in [-0.2, 0) is 36.9 Å². The van der Waals surface area contributed by atoms with E-state index >= 15 is 0 Å². The number of rotatable bonds is 14. The fourth-order valence-electron chi connectivity index (χ4n) is 8.71. The fraction of sp³-hybridized carbons (Fsp3) is 0.735. The minimum Gasteiger partial charge on any atom is -0.465 e. The summed E-state index contributed by atoms with van der Waals surface area (Å²) in [6.45, 7) is 21.8. The van der Waals surface area contributed by atoms with E-state index in [1.807, 2.05) is 48.9 Å². The van der Waals surface area contributed by atoms with Crippen molar-refractivity contribution in [3.63, 3.8) is 0 Å².